The van der Waals surface area contributed by atoms with Crippen LogP contribution in [0.4, 0.5) is 5.13 Å². The lowest BCUT2D eigenvalue weighted by atomic mass is 9.96. The molecule has 1 N–H and O–H groups in total. The minimum atomic E-state index is -0.348. The van der Waals surface area contributed by atoms with Crippen LogP contribution in [0.1, 0.15) is 30.5 Å². The van der Waals surface area contributed by atoms with E-state index in [4.69, 9.17) is 0 Å². The van der Waals surface area contributed by atoms with Gasteiger partial charge in [0.15, 0.2) is 5.13 Å². The molecule has 1 atom stereocenters. The van der Waals surface area contributed by atoms with Crippen LogP contribution in [-0.4, -0.2) is 24.0 Å². The molecular formula is C16H18N2O3S. The van der Waals surface area contributed by atoms with Crippen molar-refractivity contribution in [1.82, 2.24) is 4.98 Å². The second kappa shape index (κ2) is 7.70. The molecule has 1 unspecified atom stereocenters. The standard InChI is InChI=1S/C16H18N2O3S/c1-3-13(11-7-5-4-6-8-11)15(20)18-16-17-12(10-22-16)9-14(19)21-2/h4-8,10,13H,3,9H2,1-2H3,(H,17,18,20). The molecule has 0 spiro atoms. The lowest BCUT2D eigenvalue weighted by molar-refractivity contribution is -0.139. The van der Waals surface area contributed by atoms with E-state index in [2.05, 4.69) is 15.0 Å². The Morgan fingerprint density at radius 2 is 2.05 bits per heavy atom. The monoisotopic (exact) mass is 318 g/mol. The molecule has 0 aliphatic heterocycles. The molecule has 5 nitrogen and oxygen atoms in total. The van der Waals surface area contributed by atoms with Gasteiger partial charge < -0.3 is 10.1 Å². The van der Waals surface area contributed by atoms with Crippen LogP contribution in [0.25, 0.3) is 0 Å². The zero-order valence-corrected chi connectivity index (χ0v) is 13.4. The summed E-state index contributed by atoms with van der Waals surface area (Å²) in [6, 6.07) is 9.65. The molecule has 22 heavy (non-hydrogen) atoms. The number of carbonyl (C=O) groups is 2. The van der Waals surface area contributed by atoms with Gasteiger partial charge in [0.1, 0.15) is 0 Å². The highest BCUT2D eigenvalue weighted by Crippen LogP contribution is 2.23. The van der Waals surface area contributed by atoms with Crippen molar-refractivity contribution in [3.05, 3.63) is 47.0 Å². The first-order chi connectivity index (χ1) is 10.6. The Morgan fingerprint density at radius 3 is 2.68 bits per heavy atom. The number of amides is 1. The third-order valence-corrected chi connectivity index (χ3v) is 4.07. The Hall–Kier alpha value is -2.21. The van der Waals surface area contributed by atoms with Gasteiger partial charge in [0.25, 0.3) is 0 Å². The lowest BCUT2D eigenvalue weighted by Gasteiger charge is -2.14. The van der Waals surface area contributed by atoms with Gasteiger partial charge >= 0.3 is 5.97 Å². The summed E-state index contributed by atoms with van der Waals surface area (Å²) in [6.45, 7) is 1.97. The fraction of sp³-hybridized carbons (Fsp3) is 0.312. The van der Waals surface area contributed by atoms with Crippen molar-refractivity contribution in [2.24, 2.45) is 0 Å². The van der Waals surface area contributed by atoms with E-state index in [-0.39, 0.29) is 24.2 Å². The highest BCUT2D eigenvalue weighted by Gasteiger charge is 2.19. The summed E-state index contributed by atoms with van der Waals surface area (Å²) in [5, 5.41) is 5.06. The van der Waals surface area contributed by atoms with E-state index in [0.717, 1.165) is 5.56 Å². The molecule has 0 aliphatic rings. The van der Waals surface area contributed by atoms with Crippen molar-refractivity contribution in [2.45, 2.75) is 25.7 Å². The number of thiazole rings is 1. The van der Waals surface area contributed by atoms with Crippen LogP contribution in [0.5, 0.6) is 0 Å². The number of rotatable bonds is 6. The van der Waals surface area contributed by atoms with Crippen LogP contribution < -0.4 is 5.32 Å². The number of benzene rings is 1. The van der Waals surface area contributed by atoms with Gasteiger partial charge in [-0.1, -0.05) is 37.3 Å². The van der Waals surface area contributed by atoms with Gasteiger partial charge in [-0.05, 0) is 12.0 Å². The SMILES string of the molecule is CCC(C(=O)Nc1nc(CC(=O)OC)cs1)c1ccccc1. The molecule has 6 heteroatoms. The summed E-state index contributed by atoms with van der Waals surface area (Å²) in [4.78, 5) is 27.8. The summed E-state index contributed by atoms with van der Waals surface area (Å²) in [5.41, 5.74) is 1.58. The molecule has 2 aromatic rings. The van der Waals surface area contributed by atoms with Crippen LogP contribution >= 0.6 is 11.3 Å². The number of methoxy groups -OCH3 is 1. The van der Waals surface area contributed by atoms with Crippen LogP contribution in [0, 0.1) is 0 Å². The van der Waals surface area contributed by atoms with Crippen molar-refractivity contribution in [3.63, 3.8) is 0 Å². The summed E-state index contributed by atoms with van der Waals surface area (Å²) in [5.74, 6) is -0.652. The minimum Gasteiger partial charge on any atom is -0.469 e. The van der Waals surface area contributed by atoms with Crippen molar-refractivity contribution in [1.29, 1.82) is 0 Å². The first-order valence-electron chi connectivity index (χ1n) is 7.01. The Balaban J connectivity index is 2.03. The van der Waals surface area contributed by atoms with Crippen LogP contribution in [0.15, 0.2) is 35.7 Å². The minimum absolute atomic E-state index is 0.0901. The molecule has 2 rings (SSSR count). The Bertz CT molecular complexity index is 640. The molecule has 1 aromatic heterocycles. The quantitative estimate of drug-likeness (QED) is 0.831. The molecule has 0 radical (unpaired) electrons. The predicted molar refractivity (Wildman–Crippen MR) is 85.9 cm³/mol. The van der Waals surface area contributed by atoms with Crippen LogP contribution in [-0.2, 0) is 20.7 Å². The summed E-state index contributed by atoms with van der Waals surface area (Å²) >= 11 is 1.30. The maximum atomic E-state index is 12.4. The van der Waals surface area contributed by atoms with Crippen molar-refractivity contribution < 1.29 is 14.3 Å². The zero-order valence-electron chi connectivity index (χ0n) is 12.5. The van der Waals surface area contributed by atoms with E-state index < -0.39 is 0 Å². The summed E-state index contributed by atoms with van der Waals surface area (Å²) in [6.07, 6.45) is 0.814. The van der Waals surface area contributed by atoms with Crippen LogP contribution in [0.2, 0.25) is 0 Å². The van der Waals surface area contributed by atoms with Gasteiger partial charge in [0.2, 0.25) is 5.91 Å². The van der Waals surface area contributed by atoms with Gasteiger partial charge in [0, 0.05) is 5.38 Å². The number of ether oxygens (including phenoxy) is 1. The van der Waals surface area contributed by atoms with Crippen molar-refractivity contribution in [3.8, 4) is 0 Å². The van der Waals surface area contributed by atoms with E-state index in [0.29, 0.717) is 17.2 Å². The highest BCUT2D eigenvalue weighted by atomic mass is 32.1. The van der Waals surface area contributed by atoms with Gasteiger partial charge in [0.05, 0.1) is 25.1 Å². The topological polar surface area (TPSA) is 68.3 Å². The Kier molecular flexibility index (Phi) is 5.66. The summed E-state index contributed by atoms with van der Waals surface area (Å²) in [7, 11) is 1.34. The largest absolute Gasteiger partial charge is 0.469 e. The Morgan fingerprint density at radius 1 is 1.32 bits per heavy atom. The average Bonchev–Trinajstić information content (AvgIpc) is 2.96. The molecular weight excluding hydrogens is 300 g/mol. The van der Waals surface area contributed by atoms with Crippen molar-refractivity contribution in [2.75, 3.05) is 12.4 Å². The lowest BCUT2D eigenvalue weighted by Crippen LogP contribution is -2.20. The molecule has 0 bridgehead atoms. The second-order valence-electron chi connectivity index (χ2n) is 4.76. The maximum absolute atomic E-state index is 12.4. The second-order valence-corrected chi connectivity index (χ2v) is 5.62. The molecule has 0 aliphatic carbocycles. The molecule has 0 fully saturated rings. The Labute approximate surface area is 133 Å². The van der Waals surface area contributed by atoms with E-state index in [1.54, 1.807) is 5.38 Å². The number of anilines is 1. The fourth-order valence-corrected chi connectivity index (χ4v) is 2.83. The highest BCUT2D eigenvalue weighted by molar-refractivity contribution is 7.13. The molecule has 116 valence electrons. The average molecular weight is 318 g/mol. The number of aromatic nitrogens is 1. The number of nitrogens with one attached hydrogen (secondary N) is 1. The molecule has 0 saturated heterocycles. The van der Waals surface area contributed by atoms with E-state index in [1.807, 2.05) is 37.3 Å². The molecule has 1 heterocycles. The van der Waals surface area contributed by atoms with Gasteiger partial charge in [-0.25, -0.2) is 4.98 Å². The smallest absolute Gasteiger partial charge is 0.311 e. The van der Waals surface area contributed by atoms with Crippen LogP contribution in [0.3, 0.4) is 0 Å². The maximum Gasteiger partial charge on any atom is 0.311 e. The van der Waals surface area contributed by atoms with E-state index in [9.17, 15) is 9.59 Å². The van der Waals surface area contributed by atoms with Gasteiger partial charge in [-0.2, -0.15) is 0 Å². The third-order valence-electron chi connectivity index (χ3n) is 3.26. The number of hydrogen-bond acceptors (Lipinski definition) is 5. The predicted octanol–water partition coefficient (Wildman–Crippen LogP) is 2.99. The third kappa shape index (κ3) is 4.14. The number of nitrogens with zero attached hydrogens (tertiary/aromatic N) is 1. The number of carbonyl (C=O) groups excluding carboxylic acids is 2. The van der Waals surface area contributed by atoms with Crippen molar-refractivity contribution >= 4 is 28.3 Å². The summed E-state index contributed by atoms with van der Waals surface area (Å²) < 4.78 is 4.60. The number of hydrogen-bond donors (Lipinski definition) is 1. The molecule has 0 saturated carbocycles. The van der Waals surface area contributed by atoms with Gasteiger partial charge in [-0.15, -0.1) is 11.3 Å². The molecule has 1 aromatic carbocycles. The first kappa shape index (κ1) is 16.2. The fourth-order valence-electron chi connectivity index (χ4n) is 2.12. The van der Waals surface area contributed by atoms with E-state index >= 15 is 0 Å². The first-order valence-corrected chi connectivity index (χ1v) is 7.89. The van der Waals surface area contributed by atoms with E-state index in [1.165, 1.54) is 18.4 Å². The van der Waals surface area contributed by atoms with Gasteiger partial charge in [-0.3, -0.25) is 9.59 Å². The number of esters is 1. The normalized spacial score (nSPS) is 11.7. The molecule has 1 amide bonds. The zero-order chi connectivity index (χ0) is 15.9.